The fraction of sp³-hybridized carbons (Fsp3) is 0.250. The van der Waals surface area contributed by atoms with Crippen LogP contribution in [0.15, 0.2) is 52.1 Å². The summed E-state index contributed by atoms with van der Waals surface area (Å²) in [6.07, 6.45) is 0.642. The van der Waals surface area contributed by atoms with Crippen molar-refractivity contribution in [3.8, 4) is 17.5 Å². The van der Waals surface area contributed by atoms with Gasteiger partial charge in [-0.25, -0.2) is 0 Å². The molecule has 1 atom stereocenters. The molecule has 126 valence electrons. The third-order valence-corrected chi connectivity index (χ3v) is 5.01. The number of aryl methyl sites for hydroxylation is 3. The van der Waals surface area contributed by atoms with E-state index in [9.17, 15) is 5.26 Å². The molecule has 0 aliphatic rings. The van der Waals surface area contributed by atoms with Crippen molar-refractivity contribution in [1.82, 2.24) is 10.2 Å². The Morgan fingerprint density at radius 2 is 1.80 bits per heavy atom. The molecule has 1 heterocycles. The van der Waals surface area contributed by atoms with Gasteiger partial charge < -0.3 is 4.42 Å². The standard InChI is InChI=1S/C20H19N3OS/c1-13-4-7-16(8-5-13)11-18(12-21)25-20-23-22-19(24-20)17-9-6-14(2)15(3)10-17/h4-10,18H,11H2,1-3H3/t18-/m1/s1. The van der Waals surface area contributed by atoms with E-state index in [1.165, 1.54) is 28.5 Å². The maximum absolute atomic E-state index is 9.43. The van der Waals surface area contributed by atoms with Crippen LogP contribution < -0.4 is 0 Å². The first-order valence-electron chi connectivity index (χ1n) is 8.08. The molecular weight excluding hydrogens is 330 g/mol. The summed E-state index contributed by atoms with van der Waals surface area (Å²) >= 11 is 1.31. The van der Waals surface area contributed by atoms with Crippen LogP contribution in [0.1, 0.15) is 22.3 Å². The summed E-state index contributed by atoms with van der Waals surface area (Å²) in [5.41, 5.74) is 5.63. The van der Waals surface area contributed by atoms with Gasteiger partial charge in [0.2, 0.25) is 5.89 Å². The number of nitrogens with zero attached hydrogens (tertiary/aromatic N) is 3. The Morgan fingerprint density at radius 1 is 1.04 bits per heavy atom. The zero-order valence-corrected chi connectivity index (χ0v) is 15.3. The lowest BCUT2D eigenvalue weighted by molar-refractivity contribution is 0.465. The fourth-order valence-corrected chi connectivity index (χ4v) is 3.21. The highest BCUT2D eigenvalue weighted by molar-refractivity contribution is 7.99. The van der Waals surface area contributed by atoms with E-state index in [-0.39, 0.29) is 5.25 Å². The highest BCUT2D eigenvalue weighted by Crippen LogP contribution is 2.28. The second kappa shape index (κ2) is 7.54. The number of thioether (sulfide) groups is 1. The van der Waals surface area contributed by atoms with Gasteiger partial charge in [0.15, 0.2) is 0 Å². The molecule has 0 amide bonds. The van der Waals surface area contributed by atoms with E-state index in [2.05, 4.69) is 54.4 Å². The minimum Gasteiger partial charge on any atom is -0.411 e. The predicted molar refractivity (Wildman–Crippen MR) is 99.3 cm³/mol. The molecule has 0 aliphatic carbocycles. The van der Waals surface area contributed by atoms with Crippen LogP contribution in [-0.4, -0.2) is 15.4 Å². The molecule has 4 nitrogen and oxygen atoms in total. The number of hydrogen-bond acceptors (Lipinski definition) is 5. The lowest BCUT2D eigenvalue weighted by atomic mass is 10.1. The van der Waals surface area contributed by atoms with Crippen molar-refractivity contribution in [2.45, 2.75) is 37.7 Å². The van der Waals surface area contributed by atoms with Crippen molar-refractivity contribution in [2.24, 2.45) is 0 Å². The zero-order chi connectivity index (χ0) is 17.8. The molecule has 1 aromatic heterocycles. The van der Waals surface area contributed by atoms with Gasteiger partial charge in [-0.2, -0.15) is 5.26 Å². The summed E-state index contributed by atoms with van der Waals surface area (Å²) in [4.78, 5) is 0. The molecule has 0 fully saturated rings. The molecule has 2 aromatic carbocycles. The summed E-state index contributed by atoms with van der Waals surface area (Å²) in [6.45, 7) is 6.17. The van der Waals surface area contributed by atoms with E-state index in [1.54, 1.807) is 0 Å². The summed E-state index contributed by atoms with van der Waals surface area (Å²) < 4.78 is 5.74. The highest BCUT2D eigenvalue weighted by atomic mass is 32.2. The lowest BCUT2D eigenvalue weighted by Crippen LogP contribution is -2.03. The van der Waals surface area contributed by atoms with Crippen molar-refractivity contribution >= 4 is 11.8 Å². The van der Waals surface area contributed by atoms with Gasteiger partial charge in [-0.15, -0.1) is 10.2 Å². The van der Waals surface area contributed by atoms with Gasteiger partial charge in [-0.1, -0.05) is 35.9 Å². The summed E-state index contributed by atoms with van der Waals surface area (Å²) in [7, 11) is 0. The SMILES string of the molecule is Cc1ccc(C[C@H](C#N)Sc2nnc(-c3ccc(C)c(C)c3)o2)cc1. The Labute approximate surface area is 151 Å². The van der Waals surface area contributed by atoms with Gasteiger partial charge in [-0.05, 0) is 67.8 Å². The first-order valence-corrected chi connectivity index (χ1v) is 8.96. The van der Waals surface area contributed by atoms with Gasteiger partial charge in [-0.3, -0.25) is 0 Å². The molecule has 3 rings (SSSR count). The first-order chi connectivity index (χ1) is 12.0. The van der Waals surface area contributed by atoms with E-state index in [1.807, 2.05) is 25.1 Å². The quantitative estimate of drug-likeness (QED) is 0.614. The third-order valence-electron chi connectivity index (χ3n) is 4.09. The van der Waals surface area contributed by atoms with Crippen molar-refractivity contribution in [3.05, 3.63) is 64.7 Å². The maximum atomic E-state index is 9.43. The van der Waals surface area contributed by atoms with Crippen LogP contribution >= 0.6 is 11.8 Å². The van der Waals surface area contributed by atoms with Gasteiger partial charge in [0.1, 0.15) is 5.25 Å². The minimum atomic E-state index is -0.268. The van der Waals surface area contributed by atoms with Gasteiger partial charge >= 0.3 is 0 Å². The molecule has 0 saturated carbocycles. The van der Waals surface area contributed by atoms with Crippen LogP contribution in [-0.2, 0) is 6.42 Å². The van der Waals surface area contributed by atoms with Crippen molar-refractivity contribution in [1.29, 1.82) is 5.26 Å². The average molecular weight is 349 g/mol. The van der Waals surface area contributed by atoms with Crippen molar-refractivity contribution in [2.75, 3.05) is 0 Å². The lowest BCUT2D eigenvalue weighted by Gasteiger charge is -2.06. The summed E-state index contributed by atoms with van der Waals surface area (Å²) in [5.74, 6) is 0.484. The van der Waals surface area contributed by atoms with Crippen LogP contribution in [0.25, 0.3) is 11.5 Å². The molecule has 3 aromatic rings. The Bertz CT molecular complexity index is 909. The topological polar surface area (TPSA) is 62.7 Å². The largest absolute Gasteiger partial charge is 0.411 e. The molecular formula is C20H19N3OS. The van der Waals surface area contributed by atoms with Crippen LogP contribution in [0.4, 0.5) is 0 Å². The third kappa shape index (κ3) is 4.28. The predicted octanol–water partition coefficient (Wildman–Crippen LogP) is 4.89. The van der Waals surface area contributed by atoms with Crippen LogP contribution in [0, 0.1) is 32.1 Å². The monoisotopic (exact) mass is 349 g/mol. The smallest absolute Gasteiger partial charge is 0.278 e. The molecule has 0 saturated heterocycles. The second-order valence-corrected chi connectivity index (χ2v) is 7.25. The Balaban J connectivity index is 1.72. The fourth-order valence-electron chi connectivity index (χ4n) is 2.42. The number of rotatable bonds is 5. The molecule has 0 bridgehead atoms. The average Bonchev–Trinajstić information content (AvgIpc) is 3.07. The normalized spacial score (nSPS) is 11.9. The van der Waals surface area contributed by atoms with Gasteiger partial charge in [0.05, 0.1) is 6.07 Å². The number of hydrogen-bond donors (Lipinski definition) is 0. The van der Waals surface area contributed by atoms with Gasteiger partial charge in [0, 0.05) is 5.56 Å². The molecule has 0 aliphatic heterocycles. The number of benzene rings is 2. The molecule has 25 heavy (non-hydrogen) atoms. The molecule has 0 N–H and O–H groups in total. The highest BCUT2D eigenvalue weighted by Gasteiger charge is 2.16. The van der Waals surface area contributed by atoms with Crippen molar-refractivity contribution in [3.63, 3.8) is 0 Å². The van der Waals surface area contributed by atoms with E-state index in [4.69, 9.17) is 4.42 Å². The second-order valence-electron chi connectivity index (χ2n) is 6.10. The van der Waals surface area contributed by atoms with E-state index in [0.29, 0.717) is 17.5 Å². The van der Waals surface area contributed by atoms with Gasteiger partial charge in [0.25, 0.3) is 5.22 Å². The van der Waals surface area contributed by atoms with Crippen LogP contribution in [0.5, 0.6) is 0 Å². The van der Waals surface area contributed by atoms with E-state index >= 15 is 0 Å². The Morgan fingerprint density at radius 3 is 2.48 bits per heavy atom. The maximum Gasteiger partial charge on any atom is 0.278 e. The molecule has 0 spiro atoms. The zero-order valence-electron chi connectivity index (χ0n) is 14.5. The Hall–Kier alpha value is -2.58. The van der Waals surface area contributed by atoms with E-state index in [0.717, 1.165) is 11.1 Å². The minimum absolute atomic E-state index is 0.268. The Kier molecular flexibility index (Phi) is 5.20. The first kappa shape index (κ1) is 17.2. The van der Waals surface area contributed by atoms with Crippen molar-refractivity contribution < 1.29 is 4.42 Å². The molecule has 0 unspecified atom stereocenters. The molecule has 5 heteroatoms. The number of nitriles is 1. The summed E-state index contributed by atoms with van der Waals surface area (Å²) in [5, 5.41) is 17.8. The number of aromatic nitrogens is 2. The molecule has 0 radical (unpaired) electrons. The van der Waals surface area contributed by atoms with Crippen LogP contribution in [0.2, 0.25) is 0 Å². The van der Waals surface area contributed by atoms with E-state index < -0.39 is 0 Å². The summed E-state index contributed by atoms with van der Waals surface area (Å²) in [6, 6.07) is 16.6. The van der Waals surface area contributed by atoms with Crippen LogP contribution in [0.3, 0.4) is 0 Å².